The first kappa shape index (κ1) is 17.2. The molecule has 3 heterocycles. The van der Waals surface area contributed by atoms with Crippen molar-refractivity contribution < 1.29 is 5.11 Å². The van der Waals surface area contributed by atoms with Crippen LogP contribution in [0.15, 0.2) is 53.3 Å². The predicted octanol–water partition coefficient (Wildman–Crippen LogP) is 3.17. The van der Waals surface area contributed by atoms with Crippen LogP contribution in [0.2, 0.25) is 0 Å². The van der Waals surface area contributed by atoms with Crippen LogP contribution in [0.1, 0.15) is 5.82 Å². The van der Waals surface area contributed by atoms with Gasteiger partial charge in [-0.2, -0.15) is 0 Å². The average Bonchev–Trinajstić information content (AvgIpc) is 3.07. The molecule has 2 N–H and O–H groups in total. The van der Waals surface area contributed by atoms with Crippen LogP contribution < -0.4 is 10.5 Å². The second-order valence-corrected chi connectivity index (χ2v) is 8.10. The summed E-state index contributed by atoms with van der Waals surface area (Å²) < 4.78 is 1.09. The summed E-state index contributed by atoms with van der Waals surface area (Å²) in [5.74, 6) is 1.01. The number of H-pyrrole nitrogens is 1. The predicted molar refractivity (Wildman–Crippen MR) is 113 cm³/mol. The number of rotatable bonds is 3. The van der Waals surface area contributed by atoms with Gasteiger partial charge in [0.25, 0.3) is 5.56 Å². The number of aromatic nitrogens is 2. The fourth-order valence-corrected chi connectivity index (χ4v) is 4.91. The number of phenols is 1. The van der Waals surface area contributed by atoms with Crippen molar-refractivity contribution in [3.63, 3.8) is 0 Å². The molecule has 28 heavy (non-hydrogen) atoms. The first-order chi connectivity index (χ1) is 13.7. The Labute approximate surface area is 165 Å². The standard InChI is InChI=1S/C21H20N4O2S/c26-15-5-3-4-14(12-15)25-10-8-24(9-11-25)13-18-22-20(27)19-16-6-1-2-7-17(16)28-21(19)23-18/h1-7,12,26H,8-11,13H2,(H,22,23,27). The number of nitrogens with one attached hydrogen (secondary N) is 1. The van der Waals surface area contributed by atoms with Crippen molar-refractivity contribution in [2.24, 2.45) is 0 Å². The third-order valence-electron chi connectivity index (χ3n) is 5.24. The van der Waals surface area contributed by atoms with E-state index < -0.39 is 0 Å². The molecule has 0 unspecified atom stereocenters. The van der Waals surface area contributed by atoms with E-state index in [4.69, 9.17) is 4.98 Å². The fraction of sp³-hybridized carbons (Fsp3) is 0.238. The molecular weight excluding hydrogens is 372 g/mol. The number of phenolic OH excluding ortho intramolecular Hbond substituents is 1. The monoisotopic (exact) mass is 392 g/mol. The van der Waals surface area contributed by atoms with Gasteiger partial charge < -0.3 is 15.0 Å². The molecule has 2 aromatic carbocycles. The summed E-state index contributed by atoms with van der Waals surface area (Å²) in [6.45, 7) is 4.14. The maximum atomic E-state index is 12.6. The Morgan fingerprint density at radius 2 is 1.89 bits per heavy atom. The molecule has 6 nitrogen and oxygen atoms in total. The summed E-state index contributed by atoms with van der Waals surface area (Å²) >= 11 is 1.57. The van der Waals surface area contributed by atoms with Gasteiger partial charge in [-0.25, -0.2) is 4.98 Å². The van der Waals surface area contributed by atoms with E-state index in [0.29, 0.717) is 17.7 Å². The van der Waals surface area contributed by atoms with Gasteiger partial charge in [-0.05, 0) is 18.2 Å². The molecule has 0 spiro atoms. The SMILES string of the molecule is O=c1[nH]c(CN2CCN(c3cccc(O)c3)CC2)nc2sc3ccccc3c12. The van der Waals surface area contributed by atoms with E-state index in [1.807, 2.05) is 36.4 Å². The summed E-state index contributed by atoms with van der Waals surface area (Å²) in [6.07, 6.45) is 0. The van der Waals surface area contributed by atoms with Crippen LogP contribution in [0.5, 0.6) is 5.75 Å². The minimum atomic E-state index is -0.0594. The van der Waals surface area contributed by atoms with Gasteiger partial charge in [0.15, 0.2) is 0 Å². The van der Waals surface area contributed by atoms with Gasteiger partial charge in [0.1, 0.15) is 16.4 Å². The van der Waals surface area contributed by atoms with Gasteiger partial charge in [-0.1, -0.05) is 24.3 Å². The van der Waals surface area contributed by atoms with E-state index in [-0.39, 0.29) is 5.56 Å². The molecule has 0 radical (unpaired) electrons. The number of nitrogens with zero attached hydrogens (tertiary/aromatic N) is 3. The summed E-state index contributed by atoms with van der Waals surface area (Å²) in [7, 11) is 0. The van der Waals surface area contributed by atoms with E-state index in [0.717, 1.165) is 52.6 Å². The number of benzene rings is 2. The molecule has 0 amide bonds. The van der Waals surface area contributed by atoms with Gasteiger partial charge in [0.2, 0.25) is 0 Å². The van der Waals surface area contributed by atoms with Crippen LogP contribution in [0.25, 0.3) is 20.3 Å². The van der Waals surface area contributed by atoms with Crippen molar-refractivity contribution in [2.45, 2.75) is 6.54 Å². The van der Waals surface area contributed by atoms with Crippen molar-refractivity contribution >= 4 is 37.3 Å². The molecule has 0 saturated carbocycles. The minimum Gasteiger partial charge on any atom is -0.508 e. The molecule has 7 heteroatoms. The van der Waals surface area contributed by atoms with Crippen LogP contribution in [0, 0.1) is 0 Å². The summed E-state index contributed by atoms with van der Waals surface area (Å²) in [5.41, 5.74) is 0.980. The number of thiophene rings is 1. The molecule has 5 rings (SSSR count). The Kier molecular flexibility index (Phi) is 4.26. The molecule has 0 aliphatic carbocycles. The van der Waals surface area contributed by atoms with Crippen molar-refractivity contribution in [2.75, 3.05) is 31.1 Å². The largest absolute Gasteiger partial charge is 0.508 e. The molecule has 1 fully saturated rings. The smallest absolute Gasteiger partial charge is 0.260 e. The highest BCUT2D eigenvalue weighted by Gasteiger charge is 2.19. The lowest BCUT2D eigenvalue weighted by molar-refractivity contribution is 0.244. The van der Waals surface area contributed by atoms with E-state index in [2.05, 4.69) is 14.8 Å². The summed E-state index contributed by atoms with van der Waals surface area (Å²) in [5, 5.41) is 11.3. The van der Waals surface area contributed by atoms with E-state index in [1.54, 1.807) is 23.5 Å². The highest BCUT2D eigenvalue weighted by Crippen LogP contribution is 2.30. The maximum Gasteiger partial charge on any atom is 0.260 e. The second-order valence-electron chi connectivity index (χ2n) is 7.07. The molecule has 4 aromatic rings. The summed E-state index contributed by atoms with van der Waals surface area (Å²) in [6, 6.07) is 15.3. The fourth-order valence-electron chi connectivity index (χ4n) is 3.82. The molecule has 1 aliphatic heterocycles. The van der Waals surface area contributed by atoms with Crippen LogP contribution >= 0.6 is 11.3 Å². The third-order valence-corrected chi connectivity index (χ3v) is 6.30. The Bertz CT molecular complexity index is 1210. The normalized spacial score (nSPS) is 15.5. The lowest BCUT2D eigenvalue weighted by Gasteiger charge is -2.35. The zero-order valence-corrected chi connectivity index (χ0v) is 16.1. The molecule has 0 bridgehead atoms. The molecule has 142 valence electrons. The van der Waals surface area contributed by atoms with E-state index >= 15 is 0 Å². The Morgan fingerprint density at radius 1 is 1.07 bits per heavy atom. The minimum absolute atomic E-state index is 0.0594. The summed E-state index contributed by atoms with van der Waals surface area (Å²) in [4.78, 5) is 25.7. The number of aromatic amines is 1. The van der Waals surface area contributed by atoms with Gasteiger partial charge in [0.05, 0.1) is 11.9 Å². The van der Waals surface area contributed by atoms with Crippen molar-refractivity contribution in [3.05, 3.63) is 64.7 Å². The van der Waals surface area contributed by atoms with Crippen LogP contribution in [-0.2, 0) is 6.54 Å². The number of hydrogen-bond donors (Lipinski definition) is 2. The average molecular weight is 392 g/mol. The first-order valence-electron chi connectivity index (χ1n) is 9.34. The quantitative estimate of drug-likeness (QED) is 0.560. The maximum absolute atomic E-state index is 12.6. The van der Waals surface area contributed by atoms with E-state index in [1.165, 1.54) is 0 Å². The van der Waals surface area contributed by atoms with Crippen LogP contribution in [-0.4, -0.2) is 46.2 Å². The lowest BCUT2D eigenvalue weighted by Crippen LogP contribution is -2.46. The number of anilines is 1. The van der Waals surface area contributed by atoms with Gasteiger partial charge in [-0.15, -0.1) is 11.3 Å². The highest BCUT2D eigenvalue weighted by atomic mass is 32.1. The molecule has 0 atom stereocenters. The van der Waals surface area contributed by atoms with Crippen molar-refractivity contribution in [1.29, 1.82) is 0 Å². The topological polar surface area (TPSA) is 72.5 Å². The van der Waals surface area contributed by atoms with E-state index in [9.17, 15) is 9.90 Å². The van der Waals surface area contributed by atoms with Crippen LogP contribution in [0.3, 0.4) is 0 Å². The molecule has 1 aliphatic rings. The Balaban J connectivity index is 1.34. The van der Waals surface area contributed by atoms with Crippen molar-refractivity contribution in [1.82, 2.24) is 14.9 Å². The Morgan fingerprint density at radius 3 is 2.71 bits per heavy atom. The third kappa shape index (κ3) is 3.12. The molecule has 1 saturated heterocycles. The zero-order chi connectivity index (χ0) is 19.1. The number of piperazine rings is 1. The number of aromatic hydroxyl groups is 1. The lowest BCUT2D eigenvalue weighted by atomic mass is 10.2. The zero-order valence-electron chi connectivity index (χ0n) is 15.3. The number of hydrogen-bond acceptors (Lipinski definition) is 6. The molecular formula is C21H20N4O2S. The number of fused-ring (bicyclic) bond motifs is 3. The van der Waals surface area contributed by atoms with Gasteiger partial charge in [0, 0.05) is 48.0 Å². The van der Waals surface area contributed by atoms with Gasteiger partial charge >= 0.3 is 0 Å². The van der Waals surface area contributed by atoms with Crippen LogP contribution in [0.4, 0.5) is 5.69 Å². The second kappa shape index (κ2) is 6.92. The van der Waals surface area contributed by atoms with Crippen molar-refractivity contribution in [3.8, 4) is 5.75 Å². The first-order valence-corrected chi connectivity index (χ1v) is 10.2. The van der Waals surface area contributed by atoms with Gasteiger partial charge in [-0.3, -0.25) is 9.69 Å². The highest BCUT2D eigenvalue weighted by molar-refractivity contribution is 7.25. The molecule has 2 aromatic heterocycles. The Hall–Kier alpha value is -2.90.